The summed E-state index contributed by atoms with van der Waals surface area (Å²) in [5.41, 5.74) is 6.03. The van der Waals surface area contributed by atoms with E-state index in [1.807, 2.05) is 30.0 Å². The Balaban J connectivity index is 1.46. The fourth-order valence-corrected chi connectivity index (χ4v) is 5.63. The van der Waals surface area contributed by atoms with Crippen molar-refractivity contribution in [3.8, 4) is 11.3 Å². The molecule has 0 fully saturated rings. The maximum Gasteiger partial charge on any atom is 0.229 e. The quantitative estimate of drug-likeness (QED) is 0.113. The molecule has 0 aliphatic carbocycles. The Hall–Kier alpha value is -4.50. The molecule has 0 bridgehead atoms. The number of aromatic nitrogens is 5. The lowest BCUT2D eigenvalue weighted by atomic mass is 9.91. The van der Waals surface area contributed by atoms with Gasteiger partial charge in [-0.3, -0.25) is 4.98 Å². The molecule has 0 saturated heterocycles. The molecule has 0 unspecified atom stereocenters. The fourth-order valence-electron chi connectivity index (χ4n) is 5.63. The summed E-state index contributed by atoms with van der Waals surface area (Å²) in [5, 5.41) is 20.5. The number of nitrogens with zero attached hydrogens (tertiary/aromatic N) is 5. The Morgan fingerprint density at radius 1 is 1.00 bits per heavy atom. The number of anilines is 3. The van der Waals surface area contributed by atoms with Crippen molar-refractivity contribution in [2.24, 2.45) is 11.8 Å². The van der Waals surface area contributed by atoms with Gasteiger partial charge in [0.1, 0.15) is 0 Å². The Morgan fingerprint density at radius 2 is 1.84 bits per heavy atom. The molecule has 4 N–H and O–H groups in total. The maximum atomic E-state index is 4.90. The number of pyridine rings is 1. The average Bonchev–Trinajstić information content (AvgIpc) is 3.45. The first-order valence-electron chi connectivity index (χ1n) is 15.2. The van der Waals surface area contributed by atoms with Crippen LogP contribution in [0.2, 0.25) is 0 Å². The molecule has 2 aromatic carbocycles. The molecule has 0 amide bonds. The molecule has 0 spiro atoms. The molecule has 2 atom stereocenters. The number of rotatable bonds is 14. The van der Waals surface area contributed by atoms with Gasteiger partial charge in [-0.15, -0.1) is 0 Å². The van der Waals surface area contributed by atoms with Crippen molar-refractivity contribution in [2.45, 2.75) is 46.6 Å². The topological polar surface area (TPSA) is 104 Å². The van der Waals surface area contributed by atoms with Gasteiger partial charge in [-0.2, -0.15) is 19.6 Å². The number of benzene rings is 2. The van der Waals surface area contributed by atoms with Crippen LogP contribution in [-0.2, 0) is 6.54 Å². The van der Waals surface area contributed by atoms with Crippen LogP contribution >= 0.6 is 0 Å². The van der Waals surface area contributed by atoms with E-state index in [2.05, 4.69) is 103 Å². The van der Waals surface area contributed by atoms with E-state index in [1.165, 1.54) is 0 Å². The predicted octanol–water partition coefficient (Wildman–Crippen LogP) is 6.92. The summed E-state index contributed by atoms with van der Waals surface area (Å²) in [7, 11) is 2.00. The molecule has 3 heterocycles. The van der Waals surface area contributed by atoms with E-state index >= 15 is 0 Å². The van der Waals surface area contributed by atoms with E-state index in [9.17, 15) is 0 Å². The average molecular weight is 578 g/mol. The van der Waals surface area contributed by atoms with E-state index in [-0.39, 0.29) is 5.92 Å². The maximum absolute atomic E-state index is 4.90. The minimum absolute atomic E-state index is 0.285. The lowest BCUT2D eigenvalue weighted by Gasteiger charge is -2.23. The summed E-state index contributed by atoms with van der Waals surface area (Å²) in [4.78, 5) is 14.6. The number of fused-ring (bicyclic) bond motifs is 2. The summed E-state index contributed by atoms with van der Waals surface area (Å²) in [6.45, 7) is 15.0. The van der Waals surface area contributed by atoms with E-state index in [0.29, 0.717) is 30.3 Å². The Morgan fingerprint density at radius 3 is 2.60 bits per heavy atom. The molecule has 224 valence electrons. The third kappa shape index (κ3) is 6.62. The molecular formula is C34H43N9. The van der Waals surface area contributed by atoms with Crippen molar-refractivity contribution >= 4 is 34.0 Å². The van der Waals surface area contributed by atoms with E-state index in [0.717, 1.165) is 64.0 Å². The van der Waals surface area contributed by atoms with Gasteiger partial charge < -0.3 is 21.3 Å². The van der Waals surface area contributed by atoms with Crippen LogP contribution in [0.15, 0.2) is 73.7 Å². The molecule has 43 heavy (non-hydrogen) atoms. The Kier molecular flexibility index (Phi) is 9.51. The smallest absolute Gasteiger partial charge is 0.229 e. The lowest BCUT2D eigenvalue weighted by molar-refractivity contribution is 0.354. The normalized spacial score (nSPS) is 12.9. The van der Waals surface area contributed by atoms with Gasteiger partial charge in [0, 0.05) is 41.5 Å². The van der Waals surface area contributed by atoms with Crippen molar-refractivity contribution in [1.29, 1.82) is 0 Å². The summed E-state index contributed by atoms with van der Waals surface area (Å²) in [6.07, 6.45) is 6.53. The first-order chi connectivity index (χ1) is 20.9. The van der Waals surface area contributed by atoms with E-state index in [4.69, 9.17) is 15.0 Å². The summed E-state index contributed by atoms with van der Waals surface area (Å²) < 4.78 is 1.81. The van der Waals surface area contributed by atoms with Crippen molar-refractivity contribution in [1.82, 2.24) is 29.9 Å². The first-order valence-corrected chi connectivity index (χ1v) is 15.2. The van der Waals surface area contributed by atoms with Gasteiger partial charge in [0.15, 0.2) is 5.65 Å². The highest BCUT2D eigenvalue weighted by molar-refractivity contribution is 5.96. The summed E-state index contributed by atoms with van der Waals surface area (Å²) in [6, 6.07) is 16.7. The van der Waals surface area contributed by atoms with Gasteiger partial charge in [0.25, 0.3) is 0 Å². The Bertz CT molecular complexity index is 1690. The third-order valence-corrected chi connectivity index (χ3v) is 8.14. The summed E-state index contributed by atoms with van der Waals surface area (Å²) in [5.74, 6) is 2.58. The lowest BCUT2D eigenvalue weighted by Crippen LogP contribution is -2.28. The van der Waals surface area contributed by atoms with Crippen LogP contribution < -0.4 is 21.3 Å². The fraction of sp³-hybridized carbons (Fsp3) is 0.353. The van der Waals surface area contributed by atoms with Crippen LogP contribution in [0.4, 0.5) is 17.6 Å². The molecule has 0 aliphatic rings. The summed E-state index contributed by atoms with van der Waals surface area (Å²) >= 11 is 0. The van der Waals surface area contributed by atoms with Crippen LogP contribution in [-0.4, -0.2) is 44.7 Å². The largest absolute Gasteiger partial charge is 0.362 e. The number of hydrogen-bond donors (Lipinski definition) is 4. The van der Waals surface area contributed by atoms with Crippen LogP contribution in [0.1, 0.15) is 51.2 Å². The highest BCUT2D eigenvalue weighted by Crippen LogP contribution is 2.31. The molecule has 5 rings (SSSR count). The van der Waals surface area contributed by atoms with Gasteiger partial charge in [-0.25, -0.2) is 0 Å². The molecule has 9 heteroatoms. The highest BCUT2D eigenvalue weighted by atomic mass is 15.4. The Labute approximate surface area is 254 Å². The van der Waals surface area contributed by atoms with Gasteiger partial charge in [-0.1, -0.05) is 71.0 Å². The van der Waals surface area contributed by atoms with Gasteiger partial charge in [0.05, 0.1) is 11.9 Å². The second kappa shape index (κ2) is 13.6. The van der Waals surface area contributed by atoms with Crippen LogP contribution in [0, 0.1) is 11.8 Å². The first kappa shape index (κ1) is 30.0. The predicted molar refractivity (Wildman–Crippen MR) is 179 cm³/mol. The van der Waals surface area contributed by atoms with Gasteiger partial charge >= 0.3 is 0 Å². The number of nitrogens with one attached hydrogen (secondary N) is 4. The van der Waals surface area contributed by atoms with Crippen LogP contribution in [0.25, 0.3) is 27.7 Å². The van der Waals surface area contributed by atoms with Gasteiger partial charge in [0.2, 0.25) is 11.9 Å². The van der Waals surface area contributed by atoms with Crippen molar-refractivity contribution < 1.29 is 0 Å². The molecule has 0 radical (unpaired) electrons. The third-order valence-electron chi connectivity index (χ3n) is 8.14. The van der Waals surface area contributed by atoms with Crippen LogP contribution in [0.5, 0.6) is 0 Å². The molecular weight excluding hydrogens is 534 g/mol. The second-order valence-corrected chi connectivity index (χ2v) is 11.4. The van der Waals surface area contributed by atoms with Crippen LogP contribution in [0.3, 0.4) is 0 Å². The zero-order chi connectivity index (χ0) is 30.3. The zero-order valence-electron chi connectivity index (χ0n) is 25.9. The van der Waals surface area contributed by atoms with E-state index < -0.39 is 0 Å². The minimum Gasteiger partial charge on any atom is -0.362 e. The van der Waals surface area contributed by atoms with Gasteiger partial charge in [-0.05, 0) is 66.7 Å². The SMILES string of the molecule is C=CNc1ccc2c(-c3ccccc3CNc3nc(NC[C@@H](CC)[C@@H](C)CNC)nc4c(C(C)C)cnn34)nccc2c1. The molecule has 5 aromatic rings. The second-order valence-electron chi connectivity index (χ2n) is 11.4. The minimum atomic E-state index is 0.285. The molecule has 0 saturated carbocycles. The molecule has 3 aromatic heterocycles. The van der Waals surface area contributed by atoms with Crippen molar-refractivity contribution in [2.75, 3.05) is 36.1 Å². The number of hydrogen-bond acceptors (Lipinski definition) is 8. The highest BCUT2D eigenvalue weighted by Gasteiger charge is 2.19. The monoisotopic (exact) mass is 577 g/mol. The van der Waals surface area contributed by atoms with Crippen molar-refractivity contribution in [3.05, 3.63) is 84.8 Å². The van der Waals surface area contributed by atoms with E-state index in [1.54, 1.807) is 6.20 Å². The molecule has 0 aliphatic heterocycles. The zero-order valence-corrected chi connectivity index (χ0v) is 25.9. The van der Waals surface area contributed by atoms with Crippen molar-refractivity contribution in [3.63, 3.8) is 0 Å². The molecule has 9 nitrogen and oxygen atoms in total. The standard InChI is InChI=1S/C34H43N9/c1-7-24(23(5)18-35-6)19-38-33-41-32-30(22(3)4)21-40-43(32)34(42-33)39-20-26-11-9-10-12-28(26)31-29-14-13-27(36-8-2)17-25(29)15-16-37-31/h8-17,21-24,35-36H,2,7,18-20H2,1,3-6H3,(H2,38,39,41,42)/t23-,24+/m0/s1.